The fourth-order valence-corrected chi connectivity index (χ4v) is 2.91. The Labute approximate surface area is 166 Å². The van der Waals surface area contributed by atoms with Crippen molar-refractivity contribution in [2.24, 2.45) is 4.99 Å². The minimum Gasteiger partial charge on any atom is -0.493 e. The molecule has 0 saturated carbocycles. The molecule has 2 aromatic rings. The van der Waals surface area contributed by atoms with Crippen molar-refractivity contribution in [3.05, 3.63) is 54.0 Å². The molecular weight excluding hydrogens is 429 g/mol. The smallest absolute Gasteiger partial charge is 0.191 e. The predicted molar refractivity (Wildman–Crippen MR) is 111 cm³/mol. The molecule has 3 rings (SSSR count). The number of benzene rings is 1. The highest BCUT2D eigenvalue weighted by molar-refractivity contribution is 14.0. The number of fused-ring (bicyclic) bond motifs is 1. The molecule has 0 spiro atoms. The number of para-hydroxylation sites is 1. The van der Waals surface area contributed by atoms with E-state index in [1.54, 1.807) is 6.26 Å². The molecule has 0 fully saturated rings. The van der Waals surface area contributed by atoms with Crippen molar-refractivity contribution in [3.63, 3.8) is 0 Å². The van der Waals surface area contributed by atoms with Gasteiger partial charge < -0.3 is 19.8 Å². The van der Waals surface area contributed by atoms with Gasteiger partial charge in [0.15, 0.2) is 5.96 Å². The van der Waals surface area contributed by atoms with Crippen LogP contribution in [0.1, 0.15) is 30.6 Å². The summed E-state index contributed by atoms with van der Waals surface area (Å²) in [5.74, 6) is 3.25. The fourth-order valence-electron chi connectivity index (χ4n) is 2.91. The van der Waals surface area contributed by atoms with E-state index >= 15 is 0 Å². The highest BCUT2D eigenvalue weighted by atomic mass is 127. The standard InChI is InChI=1S/C19H25N3O2.HI/c1-2-20-19(21-11-9-16-6-5-12-23-16)22-14-15-10-13-24-18-8-4-3-7-17(15)18;/h3-8,12,15H,2,9-11,13-14H2,1H3,(H2,20,21,22);1H. The zero-order valence-electron chi connectivity index (χ0n) is 14.5. The molecule has 5 nitrogen and oxygen atoms in total. The SMILES string of the molecule is CCNC(=NCC1CCOc2ccccc21)NCCc1ccco1.I. The molecule has 1 aliphatic rings. The molecule has 1 unspecified atom stereocenters. The number of hydrogen-bond donors (Lipinski definition) is 2. The van der Waals surface area contributed by atoms with Gasteiger partial charge in [-0.1, -0.05) is 18.2 Å². The zero-order chi connectivity index (χ0) is 16.6. The largest absolute Gasteiger partial charge is 0.493 e. The van der Waals surface area contributed by atoms with Crippen LogP contribution in [0.25, 0.3) is 0 Å². The van der Waals surface area contributed by atoms with Gasteiger partial charge in [-0.25, -0.2) is 0 Å². The molecule has 2 heterocycles. The maximum absolute atomic E-state index is 5.72. The molecule has 1 aromatic heterocycles. The Bertz CT molecular complexity index is 658. The Morgan fingerprint density at radius 1 is 1.20 bits per heavy atom. The second-order valence-electron chi connectivity index (χ2n) is 5.85. The van der Waals surface area contributed by atoms with Gasteiger partial charge in [0.1, 0.15) is 11.5 Å². The molecule has 0 bridgehead atoms. The quantitative estimate of drug-likeness (QED) is 0.398. The first-order chi connectivity index (χ1) is 11.9. The Hall–Kier alpha value is -1.70. The maximum Gasteiger partial charge on any atom is 0.191 e. The van der Waals surface area contributed by atoms with Crippen LogP contribution in [0.15, 0.2) is 52.1 Å². The van der Waals surface area contributed by atoms with Crippen molar-refractivity contribution in [2.75, 3.05) is 26.2 Å². The summed E-state index contributed by atoms with van der Waals surface area (Å²) >= 11 is 0. The van der Waals surface area contributed by atoms with E-state index in [0.29, 0.717) is 5.92 Å². The van der Waals surface area contributed by atoms with E-state index in [1.165, 1.54) is 5.56 Å². The van der Waals surface area contributed by atoms with E-state index in [-0.39, 0.29) is 24.0 Å². The first kappa shape index (κ1) is 19.6. The third-order valence-corrected chi connectivity index (χ3v) is 4.14. The Morgan fingerprint density at radius 2 is 2.08 bits per heavy atom. The predicted octanol–water partition coefficient (Wildman–Crippen LogP) is 3.56. The minimum atomic E-state index is 0. The molecule has 1 aromatic carbocycles. The number of aliphatic imine (C=N–C) groups is 1. The van der Waals surface area contributed by atoms with E-state index < -0.39 is 0 Å². The monoisotopic (exact) mass is 455 g/mol. The van der Waals surface area contributed by atoms with Crippen molar-refractivity contribution in [2.45, 2.75) is 25.7 Å². The number of rotatable bonds is 6. The van der Waals surface area contributed by atoms with Crippen molar-refractivity contribution in [1.29, 1.82) is 0 Å². The van der Waals surface area contributed by atoms with Crippen LogP contribution in [-0.2, 0) is 6.42 Å². The number of ether oxygens (including phenoxy) is 1. The molecule has 136 valence electrons. The summed E-state index contributed by atoms with van der Waals surface area (Å²) in [4.78, 5) is 4.76. The lowest BCUT2D eigenvalue weighted by Gasteiger charge is -2.25. The molecule has 0 saturated heterocycles. The van der Waals surface area contributed by atoms with Crippen LogP contribution >= 0.6 is 24.0 Å². The van der Waals surface area contributed by atoms with Gasteiger partial charge in [0.05, 0.1) is 12.9 Å². The summed E-state index contributed by atoms with van der Waals surface area (Å²) in [6, 6.07) is 12.2. The number of furan rings is 1. The van der Waals surface area contributed by atoms with Gasteiger partial charge in [0.2, 0.25) is 0 Å². The second kappa shape index (κ2) is 10.3. The van der Waals surface area contributed by atoms with E-state index in [2.05, 4.69) is 29.7 Å². The molecule has 1 atom stereocenters. The molecular formula is C19H26IN3O2. The van der Waals surface area contributed by atoms with Crippen LogP contribution in [-0.4, -0.2) is 32.2 Å². The number of nitrogens with zero attached hydrogens (tertiary/aromatic N) is 1. The summed E-state index contributed by atoms with van der Waals surface area (Å²) in [6.07, 6.45) is 3.56. The maximum atomic E-state index is 5.72. The van der Waals surface area contributed by atoms with Crippen molar-refractivity contribution >= 4 is 29.9 Å². The Morgan fingerprint density at radius 3 is 2.88 bits per heavy atom. The molecule has 1 aliphatic heterocycles. The fraction of sp³-hybridized carbons (Fsp3) is 0.421. The highest BCUT2D eigenvalue weighted by Gasteiger charge is 2.20. The van der Waals surface area contributed by atoms with Crippen LogP contribution < -0.4 is 15.4 Å². The minimum absolute atomic E-state index is 0. The topological polar surface area (TPSA) is 58.8 Å². The first-order valence-corrected chi connectivity index (χ1v) is 8.63. The number of hydrogen-bond acceptors (Lipinski definition) is 3. The molecule has 0 aliphatic carbocycles. The third kappa shape index (κ3) is 5.66. The number of guanidine groups is 1. The Balaban J connectivity index is 0.00000225. The van der Waals surface area contributed by atoms with E-state index in [9.17, 15) is 0 Å². The van der Waals surface area contributed by atoms with Crippen LogP contribution in [0.2, 0.25) is 0 Å². The Kier molecular flexibility index (Phi) is 8.11. The molecule has 0 amide bonds. The van der Waals surface area contributed by atoms with E-state index in [1.807, 2.05) is 24.3 Å². The van der Waals surface area contributed by atoms with Crippen molar-refractivity contribution < 1.29 is 9.15 Å². The van der Waals surface area contributed by atoms with Crippen molar-refractivity contribution in [3.8, 4) is 5.75 Å². The summed E-state index contributed by atoms with van der Waals surface area (Å²) in [6.45, 7) is 5.24. The first-order valence-electron chi connectivity index (χ1n) is 8.63. The van der Waals surface area contributed by atoms with Crippen LogP contribution in [0.4, 0.5) is 0 Å². The lowest BCUT2D eigenvalue weighted by Crippen LogP contribution is -2.38. The van der Waals surface area contributed by atoms with Gasteiger partial charge in [-0.15, -0.1) is 24.0 Å². The van der Waals surface area contributed by atoms with Crippen molar-refractivity contribution in [1.82, 2.24) is 10.6 Å². The summed E-state index contributed by atoms with van der Waals surface area (Å²) in [5, 5.41) is 6.67. The molecule has 0 radical (unpaired) electrons. The molecule has 6 heteroatoms. The van der Waals surface area contributed by atoms with Crippen LogP contribution in [0.3, 0.4) is 0 Å². The van der Waals surface area contributed by atoms with Gasteiger partial charge >= 0.3 is 0 Å². The lowest BCUT2D eigenvalue weighted by atomic mass is 9.93. The van der Waals surface area contributed by atoms with Gasteiger partial charge in [0, 0.05) is 32.0 Å². The van der Waals surface area contributed by atoms with E-state index in [4.69, 9.17) is 14.1 Å². The summed E-state index contributed by atoms with van der Waals surface area (Å²) in [7, 11) is 0. The van der Waals surface area contributed by atoms with Gasteiger partial charge in [0.25, 0.3) is 0 Å². The molecule has 25 heavy (non-hydrogen) atoms. The number of nitrogens with one attached hydrogen (secondary N) is 2. The summed E-state index contributed by atoms with van der Waals surface area (Å²) in [5.41, 5.74) is 1.26. The van der Waals surface area contributed by atoms with E-state index in [0.717, 1.165) is 56.6 Å². The normalized spacial score (nSPS) is 16.4. The zero-order valence-corrected chi connectivity index (χ0v) is 16.9. The van der Waals surface area contributed by atoms with Gasteiger partial charge in [-0.05, 0) is 37.1 Å². The third-order valence-electron chi connectivity index (χ3n) is 4.14. The van der Waals surface area contributed by atoms with Gasteiger partial charge in [-0.3, -0.25) is 4.99 Å². The number of halogens is 1. The average Bonchev–Trinajstić information content (AvgIpc) is 3.13. The molecule has 2 N–H and O–H groups in total. The summed E-state index contributed by atoms with van der Waals surface area (Å²) < 4.78 is 11.1. The van der Waals surface area contributed by atoms with Crippen LogP contribution in [0, 0.1) is 0 Å². The second-order valence-corrected chi connectivity index (χ2v) is 5.85. The average molecular weight is 455 g/mol. The highest BCUT2D eigenvalue weighted by Crippen LogP contribution is 2.33. The lowest BCUT2D eigenvalue weighted by molar-refractivity contribution is 0.269. The van der Waals surface area contributed by atoms with Crippen LogP contribution in [0.5, 0.6) is 5.75 Å². The van der Waals surface area contributed by atoms with Gasteiger partial charge in [-0.2, -0.15) is 0 Å².